The number of benzene rings is 2. The number of nitrogens with one attached hydrogen (secondary N) is 1. The number of fused-ring (bicyclic) bond motifs is 1. The van der Waals surface area contributed by atoms with Gasteiger partial charge in [0.2, 0.25) is 0 Å². The first-order valence-electron chi connectivity index (χ1n) is 6.94. The minimum atomic E-state index is -0.188. The zero-order valence-corrected chi connectivity index (χ0v) is 11.9. The van der Waals surface area contributed by atoms with E-state index in [4.69, 9.17) is 0 Å². The van der Waals surface area contributed by atoms with Gasteiger partial charge in [-0.05, 0) is 47.4 Å². The predicted molar refractivity (Wildman–Crippen MR) is 80.7 cm³/mol. The van der Waals surface area contributed by atoms with Crippen molar-refractivity contribution in [2.45, 2.75) is 12.5 Å². The fraction of sp³-hybridized carbons (Fsp3) is 0.294. The second kappa shape index (κ2) is 5.25. The van der Waals surface area contributed by atoms with Gasteiger partial charge >= 0.3 is 0 Å². The molecule has 0 bridgehead atoms. The van der Waals surface area contributed by atoms with E-state index in [9.17, 15) is 4.39 Å². The number of hydrogen-bond donors (Lipinski definition) is 1. The molecule has 1 unspecified atom stereocenters. The fourth-order valence-electron chi connectivity index (χ4n) is 2.77. The van der Waals surface area contributed by atoms with Crippen molar-refractivity contribution in [1.82, 2.24) is 5.32 Å². The molecule has 1 atom stereocenters. The number of nitrogens with zero attached hydrogens (tertiary/aromatic N) is 1. The molecule has 1 heterocycles. The lowest BCUT2D eigenvalue weighted by Crippen LogP contribution is -2.30. The number of rotatable bonds is 2. The Balaban J connectivity index is 2.03. The molecule has 2 nitrogen and oxygen atoms in total. The average molecular weight is 270 g/mol. The molecule has 0 aromatic heterocycles. The summed E-state index contributed by atoms with van der Waals surface area (Å²) in [5.41, 5.74) is 4.99. The minimum Gasteiger partial charge on any atom is -0.378 e. The van der Waals surface area contributed by atoms with E-state index in [1.807, 2.05) is 26.2 Å². The first-order chi connectivity index (χ1) is 9.65. The first-order valence-corrected chi connectivity index (χ1v) is 6.94. The summed E-state index contributed by atoms with van der Waals surface area (Å²) < 4.78 is 13.1. The SMILES string of the molecule is CN(C)c1ccc2c(c1)C(c1ccc(F)cc1)NCC2. The van der Waals surface area contributed by atoms with E-state index >= 15 is 0 Å². The van der Waals surface area contributed by atoms with Crippen molar-refractivity contribution in [3.63, 3.8) is 0 Å². The molecular formula is C17H19FN2. The van der Waals surface area contributed by atoms with E-state index in [2.05, 4.69) is 28.4 Å². The van der Waals surface area contributed by atoms with Crippen LogP contribution in [0.3, 0.4) is 0 Å². The monoisotopic (exact) mass is 270 g/mol. The molecule has 1 aliphatic heterocycles. The van der Waals surface area contributed by atoms with Gasteiger partial charge in [0.05, 0.1) is 6.04 Å². The van der Waals surface area contributed by atoms with Gasteiger partial charge in [0, 0.05) is 26.3 Å². The molecule has 0 radical (unpaired) electrons. The third-order valence-corrected chi connectivity index (χ3v) is 3.90. The smallest absolute Gasteiger partial charge is 0.123 e. The van der Waals surface area contributed by atoms with Gasteiger partial charge < -0.3 is 10.2 Å². The highest BCUT2D eigenvalue weighted by Gasteiger charge is 2.21. The molecule has 0 amide bonds. The van der Waals surface area contributed by atoms with E-state index in [0.717, 1.165) is 18.5 Å². The fourth-order valence-corrected chi connectivity index (χ4v) is 2.77. The maximum Gasteiger partial charge on any atom is 0.123 e. The van der Waals surface area contributed by atoms with Crippen LogP contribution < -0.4 is 10.2 Å². The van der Waals surface area contributed by atoms with Gasteiger partial charge in [-0.3, -0.25) is 0 Å². The summed E-state index contributed by atoms with van der Waals surface area (Å²) in [4.78, 5) is 2.11. The molecular weight excluding hydrogens is 251 g/mol. The Labute approximate surface area is 119 Å². The van der Waals surface area contributed by atoms with E-state index in [1.165, 1.54) is 28.9 Å². The van der Waals surface area contributed by atoms with Crippen LogP contribution in [0.2, 0.25) is 0 Å². The van der Waals surface area contributed by atoms with Crippen LogP contribution in [0, 0.1) is 5.82 Å². The highest BCUT2D eigenvalue weighted by Crippen LogP contribution is 2.31. The Bertz CT molecular complexity index is 605. The summed E-state index contributed by atoms with van der Waals surface area (Å²) in [5, 5.41) is 3.54. The minimum absolute atomic E-state index is 0.152. The van der Waals surface area contributed by atoms with Gasteiger partial charge in [-0.1, -0.05) is 18.2 Å². The van der Waals surface area contributed by atoms with Crippen molar-refractivity contribution in [2.75, 3.05) is 25.5 Å². The first kappa shape index (κ1) is 13.1. The molecule has 2 aromatic carbocycles. The van der Waals surface area contributed by atoms with Crippen LogP contribution in [0.15, 0.2) is 42.5 Å². The van der Waals surface area contributed by atoms with Crippen LogP contribution in [-0.2, 0) is 6.42 Å². The van der Waals surface area contributed by atoms with Crippen LogP contribution >= 0.6 is 0 Å². The normalized spacial score (nSPS) is 17.6. The van der Waals surface area contributed by atoms with Crippen LogP contribution in [0.1, 0.15) is 22.7 Å². The Hall–Kier alpha value is -1.87. The molecule has 1 aliphatic rings. The molecule has 1 N–H and O–H groups in total. The van der Waals surface area contributed by atoms with Crippen LogP contribution in [0.25, 0.3) is 0 Å². The maximum atomic E-state index is 13.1. The zero-order valence-electron chi connectivity index (χ0n) is 11.9. The van der Waals surface area contributed by atoms with Gasteiger partial charge in [-0.25, -0.2) is 4.39 Å². The largest absolute Gasteiger partial charge is 0.378 e. The Morgan fingerprint density at radius 2 is 1.85 bits per heavy atom. The molecule has 3 heteroatoms. The molecule has 3 rings (SSSR count). The molecule has 0 saturated heterocycles. The molecule has 0 saturated carbocycles. The quantitative estimate of drug-likeness (QED) is 0.902. The third kappa shape index (κ3) is 2.41. The van der Waals surface area contributed by atoms with Crippen LogP contribution in [-0.4, -0.2) is 20.6 Å². The predicted octanol–water partition coefficient (Wildman–Crippen LogP) is 3.13. The molecule has 0 fully saturated rings. The third-order valence-electron chi connectivity index (χ3n) is 3.90. The van der Waals surface area contributed by atoms with E-state index in [1.54, 1.807) is 0 Å². The van der Waals surface area contributed by atoms with Crippen molar-refractivity contribution in [1.29, 1.82) is 0 Å². The van der Waals surface area contributed by atoms with Crippen molar-refractivity contribution < 1.29 is 4.39 Å². The molecule has 0 spiro atoms. The zero-order chi connectivity index (χ0) is 14.1. The highest BCUT2D eigenvalue weighted by molar-refractivity contribution is 5.53. The van der Waals surface area contributed by atoms with Crippen molar-refractivity contribution in [2.24, 2.45) is 0 Å². The number of anilines is 1. The summed E-state index contributed by atoms with van der Waals surface area (Å²) in [6.45, 7) is 0.955. The van der Waals surface area contributed by atoms with E-state index in [0.29, 0.717) is 0 Å². The lowest BCUT2D eigenvalue weighted by Gasteiger charge is -2.29. The second-order valence-electron chi connectivity index (χ2n) is 5.47. The summed E-state index contributed by atoms with van der Waals surface area (Å²) >= 11 is 0. The van der Waals surface area contributed by atoms with Gasteiger partial charge in [0.1, 0.15) is 5.82 Å². The van der Waals surface area contributed by atoms with Crippen molar-refractivity contribution in [3.05, 3.63) is 65.0 Å². The lowest BCUT2D eigenvalue weighted by molar-refractivity contribution is 0.565. The molecule has 0 aliphatic carbocycles. The topological polar surface area (TPSA) is 15.3 Å². The highest BCUT2D eigenvalue weighted by atomic mass is 19.1. The second-order valence-corrected chi connectivity index (χ2v) is 5.47. The summed E-state index contributed by atoms with van der Waals surface area (Å²) in [5.74, 6) is -0.188. The van der Waals surface area contributed by atoms with Crippen LogP contribution in [0.5, 0.6) is 0 Å². The Morgan fingerprint density at radius 1 is 1.10 bits per heavy atom. The number of hydrogen-bond acceptors (Lipinski definition) is 2. The summed E-state index contributed by atoms with van der Waals surface area (Å²) in [7, 11) is 4.09. The van der Waals surface area contributed by atoms with Gasteiger partial charge in [-0.2, -0.15) is 0 Å². The standard InChI is InChI=1S/C17H19FN2/c1-20(2)15-8-5-12-9-10-19-17(16(12)11-15)13-3-6-14(18)7-4-13/h3-8,11,17,19H,9-10H2,1-2H3. The maximum absolute atomic E-state index is 13.1. The van der Waals surface area contributed by atoms with Crippen molar-refractivity contribution in [3.8, 4) is 0 Å². The van der Waals surface area contributed by atoms with Crippen LogP contribution in [0.4, 0.5) is 10.1 Å². The molecule has 2 aromatic rings. The Kier molecular flexibility index (Phi) is 3.45. The molecule has 20 heavy (non-hydrogen) atoms. The van der Waals surface area contributed by atoms with E-state index < -0.39 is 0 Å². The average Bonchev–Trinajstić information content (AvgIpc) is 2.47. The number of halogens is 1. The van der Waals surface area contributed by atoms with E-state index in [-0.39, 0.29) is 11.9 Å². The lowest BCUT2D eigenvalue weighted by atomic mass is 9.89. The van der Waals surface area contributed by atoms with Gasteiger partial charge in [0.25, 0.3) is 0 Å². The van der Waals surface area contributed by atoms with Gasteiger partial charge in [-0.15, -0.1) is 0 Å². The summed E-state index contributed by atoms with van der Waals surface area (Å²) in [6.07, 6.45) is 1.04. The van der Waals surface area contributed by atoms with Gasteiger partial charge in [0.15, 0.2) is 0 Å². The van der Waals surface area contributed by atoms with Crippen molar-refractivity contribution >= 4 is 5.69 Å². The Morgan fingerprint density at radius 3 is 2.55 bits per heavy atom. The molecule has 104 valence electrons. The summed E-state index contributed by atoms with van der Waals surface area (Å²) in [6, 6.07) is 13.5.